The molecule has 19 nitrogen and oxygen atoms in total. The number of carbonyl (C=O) groups is 5. The highest BCUT2D eigenvalue weighted by molar-refractivity contribution is 7.86. The highest BCUT2D eigenvalue weighted by Gasteiger charge is 2.25. The molecule has 3 aromatic carbocycles. The first-order valence-corrected chi connectivity index (χ1v) is 14.9. The fourth-order valence-corrected chi connectivity index (χ4v) is 4.81. The van der Waals surface area contributed by atoms with Crippen LogP contribution in [0.5, 0.6) is 0 Å². The summed E-state index contributed by atoms with van der Waals surface area (Å²) in [6.45, 7) is 2.68. The molecule has 0 aliphatic carbocycles. The number of carbonyl (C=O) groups excluding carboxylic acids is 5. The van der Waals surface area contributed by atoms with Gasteiger partial charge in [0.05, 0.1) is 67.8 Å². The maximum atomic E-state index is 12.6. The summed E-state index contributed by atoms with van der Waals surface area (Å²) in [5, 5.41) is 18.1. The molecule has 0 atom stereocenters. The standard InChI is InChI=1S/C29H29N7O12S/c1-12-7-15(27(39)46-4)19(8-14(12)26(38)45-3)34-36-25-23(30)21(11-22(24(25)31)49(42,43)44)35-33-20-10-16(28(40)47-5)18(32-13(2)37)9-17(20)29(41)48-6/h7-11H,30-31H2,1-6H3,(H,32,37)(H,42,43,44)/b35-33+,36-34+. The Morgan fingerprint density at radius 2 is 1.10 bits per heavy atom. The molecule has 0 aromatic heterocycles. The van der Waals surface area contributed by atoms with E-state index in [-0.39, 0.29) is 39.3 Å². The van der Waals surface area contributed by atoms with Crippen LogP contribution in [0.2, 0.25) is 0 Å². The molecular formula is C29H29N7O12S. The monoisotopic (exact) mass is 699 g/mol. The van der Waals surface area contributed by atoms with Gasteiger partial charge in [-0.2, -0.15) is 8.42 Å². The van der Waals surface area contributed by atoms with E-state index in [1.54, 1.807) is 0 Å². The average Bonchev–Trinajstić information content (AvgIpc) is 3.05. The quantitative estimate of drug-likeness (QED) is 0.0752. The number of methoxy groups -OCH3 is 4. The minimum absolute atomic E-state index is 0.00322. The molecule has 49 heavy (non-hydrogen) atoms. The zero-order valence-corrected chi connectivity index (χ0v) is 27.5. The molecule has 0 fully saturated rings. The zero-order valence-electron chi connectivity index (χ0n) is 26.7. The molecule has 1 amide bonds. The van der Waals surface area contributed by atoms with Crippen molar-refractivity contribution in [2.75, 3.05) is 45.2 Å². The lowest BCUT2D eigenvalue weighted by atomic mass is 10.0. The number of nitrogens with one attached hydrogen (secondary N) is 1. The summed E-state index contributed by atoms with van der Waals surface area (Å²) in [6, 6.07) is 5.30. The summed E-state index contributed by atoms with van der Waals surface area (Å²) in [6.07, 6.45) is 0. The number of nitrogens with two attached hydrogens (primary N) is 2. The van der Waals surface area contributed by atoms with Gasteiger partial charge in [-0.25, -0.2) is 19.2 Å². The summed E-state index contributed by atoms with van der Waals surface area (Å²) in [4.78, 5) is 60.7. The van der Waals surface area contributed by atoms with Gasteiger partial charge in [0, 0.05) is 6.92 Å². The van der Waals surface area contributed by atoms with Gasteiger partial charge in [0.25, 0.3) is 10.1 Å². The first kappa shape index (κ1) is 37.2. The second-order valence-corrected chi connectivity index (χ2v) is 11.1. The van der Waals surface area contributed by atoms with Crippen molar-refractivity contribution in [3.05, 3.63) is 58.1 Å². The van der Waals surface area contributed by atoms with Gasteiger partial charge >= 0.3 is 23.9 Å². The minimum Gasteiger partial charge on any atom is -0.465 e. The maximum Gasteiger partial charge on any atom is 0.340 e. The molecular weight excluding hydrogens is 670 g/mol. The molecule has 0 spiro atoms. The molecule has 258 valence electrons. The molecule has 0 radical (unpaired) electrons. The van der Waals surface area contributed by atoms with Crippen molar-refractivity contribution in [3.8, 4) is 0 Å². The van der Waals surface area contributed by atoms with Gasteiger partial charge in [0.2, 0.25) is 5.91 Å². The summed E-state index contributed by atoms with van der Waals surface area (Å²) < 4.78 is 53.5. The van der Waals surface area contributed by atoms with Crippen molar-refractivity contribution in [3.63, 3.8) is 0 Å². The predicted molar refractivity (Wildman–Crippen MR) is 171 cm³/mol. The molecule has 0 saturated heterocycles. The Balaban J connectivity index is 2.32. The number of nitrogens with zero attached hydrogens (tertiary/aromatic N) is 4. The van der Waals surface area contributed by atoms with Crippen LogP contribution in [0.1, 0.15) is 53.9 Å². The number of ether oxygens (including phenoxy) is 4. The highest BCUT2D eigenvalue weighted by Crippen LogP contribution is 2.44. The van der Waals surface area contributed by atoms with Crippen molar-refractivity contribution in [2.45, 2.75) is 18.7 Å². The van der Waals surface area contributed by atoms with Crippen LogP contribution in [0.25, 0.3) is 0 Å². The maximum absolute atomic E-state index is 12.6. The Bertz CT molecular complexity index is 2060. The number of anilines is 3. The lowest BCUT2D eigenvalue weighted by Crippen LogP contribution is -2.14. The lowest BCUT2D eigenvalue weighted by molar-refractivity contribution is -0.114. The third-order valence-corrected chi connectivity index (χ3v) is 7.42. The Morgan fingerprint density at radius 3 is 1.61 bits per heavy atom. The Labute approximate surface area is 278 Å². The van der Waals surface area contributed by atoms with Crippen LogP contribution in [-0.4, -0.2) is 71.2 Å². The smallest absolute Gasteiger partial charge is 0.340 e. The van der Waals surface area contributed by atoms with Crippen molar-refractivity contribution >= 4 is 79.7 Å². The third-order valence-electron chi connectivity index (χ3n) is 6.53. The van der Waals surface area contributed by atoms with Gasteiger partial charge in [-0.05, 0) is 42.8 Å². The number of hydrogen-bond donors (Lipinski definition) is 4. The summed E-state index contributed by atoms with van der Waals surface area (Å²) in [7, 11) is -0.716. The Morgan fingerprint density at radius 1 is 0.653 bits per heavy atom. The molecule has 0 aliphatic rings. The van der Waals surface area contributed by atoms with E-state index in [1.165, 1.54) is 13.0 Å². The van der Waals surface area contributed by atoms with E-state index in [9.17, 15) is 36.9 Å². The summed E-state index contributed by atoms with van der Waals surface area (Å²) in [5.41, 5.74) is 8.98. The number of rotatable bonds is 10. The van der Waals surface area contributed by atoms with Crippen molar-refractivity contribution < 1.29 is 55.9 Å². The zero-order chi connectivity index (χ0) is 36.8. The molecule has 0 aliphatic heterocycles. The van der Waals surface area contributed by atoms with Crippen LogP contribution in [0.15, 0.2) is 55.7 Å². The lowest BCUT2D eigenvalue weighted by Gasteiger charge is -2.13. The van der Waals surface area contributed by atoms with Crippen molar-refractivity contribution in [2.24, 2.45) is 20.5 Å². The first-order valence-electron chi connectivity index (χ1n) is 13.4. The van der Waals surface area contributed by atoms with Gasteiger partial charge < -0.3 is 35.7 Å². The Hall–Kier alpha value is -6.28. The van der Waals surface area contributed by atoms with E-state index >= 15 is 0 Å². The van der Waals surface area contributed by atoms with E-state index in [0.29, 0.717) is 5.56 Å². The van der Waals surface area contributed by atoms with Crippen molar-refractivity contribution in [1.29, 1.82) is 0 Å². The van der Waals surface area contributed by atoms with Crippen LogP contribution in [0, 0.1) is 6.92 Å². The van der Waals surface area contributed by atoms with Gasteiger partial charge in [-0.3, -0.25) is 9.35 Å². The normalized spacial score (nSPS) is 11.3. The summed E-state index contributed by atoms with van der Waals surface area (Å²) >= 11 is 0. The van der Waals surface area contributed by atoms with Crippen molar-refractivity contribution in [1.82, 2.24) is 0 Å². The number of hydrogen-bond acceptors (Lipinski definition) is 17. The Kier molecular flexibility index (Phi) is 11.4. The number of aryl methyl sites for hydroxylation is 1. The molecule has 0 heterocycles. The molecule has 3 rings (SSSR count). The predicted octanol–water partition coefficient (Wildman–Crippen LogP) is 4.34. The topological polar surface area (TPSA) is 290 Å². The number of nitrogen functional groups attached to an aromatic ring is 2. The molecule has 0 saturated carbocycles. The van der Waals surface area contributed by atoms with Gasteiger partial charge in [0.1, 0.15) is 27.6 Å². The van der Waals surface area contributed by atoms with Crippen LogP contribution in [0.4, 0.5) is 39.8 Å². The third kappa shape index (κ3) is 8.18. The largest absolute Gasteiger partial charge is 0.465 e. The second kappa shape index (κ2) is 15.1. The van der Waals surface area contributed by atoms with E-state index in [4.69, 9.17) is 30.4 Å². The first-order chi connectivity index (χ1) is 23.0. The number of benzene rings is 3. The molecule has 0 unspecified atom stereocenters. The number of amides is 1. The SMILES string of the molecule is COC(=O)c1cc(/N=N/c2c(N)c(/N=N/c3cc(C(=O)OC)c(NC(C)=O)cc3C(=O)OC)cc(S(=O)(=O)O)c2N)c(C(=O)OC)cc1C. The second-order valence-electron chi connectivity index (χ2n) is 9.69. The van der Waals surface area contributed by atoms with Gasteiger partial charge in [0.15, 0.2) is 0 Å². The average molecular weight is 700 g/mol. The van der Waals surface area contributed by atoms with Gasteiger partial charge in [-0.15, -0.1) is 20.5 Å². The molecule has 6 N–H and O–H groups in total. The van der Waals surface area contributed by atoms with E-state index < -0.39 is 67.5 Å². The number of azo groups is 2. The number of esters is 4. The van der Waals surface area contributed by atoms with E-state index in [2.05, 4.69) is 25.8 Å². The highest BCUT2D eigenvalue weighted by atomic mass is 32.2. The van der Waals surface area contributed by atoms with E-state index in [0.717, 1.165) is 59.6 Å². The van der Waals surface area contributed by atoms with Crippen LogP contribution in [-0.2, 0) is 33.9 Å². The minimum atomic E-state index is -5.07. The van der Waals surface area contributed by atoms with E-state index in [1.807, 2.05) is 0 Å². The van der Waals surface area contributed by atoms with Crippen LogP contribution < -0.4 is 16.8 Å². The molecule has 20 heteroatoms. The van der Waals surface area contributed by atoms with Gasteiger partial charge in [-0.1, -0.05) is 0 Å². The molecule has 0 bridgehead atoms. The summed E-state index contributed by atoms with van der Waals surface area (Å²) in [5.74, 6) is -4.13. The molecule has 3 aromatic rings. The van der Waals surface area contributed by atoms with Crippen LogP contribution >= 0.6 is 0 Å². The van der Waals surface area contributed by atoms with Crippen LogP contribution in [0.3, 0.4) is 0 Å². The fraction of sp³-hybridized carbons (Fsp3) is 0.207. The fourth-order valence-electron chi connectivity index (χ4n) is 4.18.